The Balaban J connectivity index is 1.72. The van der Waals surface area contributed by atoms with Crippen LogP contribution in [0.2, 0.25) is 0 Å². The number of fused-ring (bicyclic) bond motifs is 1. The third-order valence-corrected chi connectivity index (χ3v) is 3.28. The minimum absolute atomic E-state index is 0.247. The summed E-state index contributed by atoms with van der Waals surface area (Å²) >= 11 is 0. The Morgan fingerprint density at radius 1 is 1.27 bits per heavy atom. The number of hydrogen-bond donors (Lipinski definition) is 1. The van der Waals surface area contributed by atoms with Crippen molar-refractivity contribution < 1.29 is 4.79 Å². The molecule has 0 saturated carbocycles. The molecule has 8 heteroatoms. The van der Waals surface area contributed by atoms with Crippen molar-refractivity contribution in [2.75, 3.05) is 6.54 Å². The largest absolute Gasteiger partial charge is 0.347 e. The van der Waals surface area contributed by atoms with E-state index in [2.05, 4.69) is 25.6 Å². The van der Waals surface area contributed by atoms with Gasteiger partial charge in [0.1, 0.15) is 0 Å². The summed E-state index contributed by atoms with van der Waals surface area (Å²) < 4.78 is 3.44. The lowest BCUT2D eigenvalue weighted by molar-refractivity contribution is 0.0940. The van der Waals surface area contributed by atoms with Crippen LogP contribution in [0.5, 0.6) is 0 Å². The second-order valence-corrected chi connectivity index (χ2v) is 5.23. The third-order valence-electron chi connectivity index (χ3n) is 3.28. The van der Waals surface area contributed by atoms with Gasteiger partial charge in [0.25, 0.3) is 11.7 Å². The predicted octanol–water partition coefficient (Wildman–Crippen LogP) is 0.676. The van der Waals surface area contributed by atoms with Crippen LogP contribution in [0.3, 0.4) is 0 Å². The highest BCUT2D eigenvalue weighted by Crippen LogP contribution is 2.07. The molecule has 0 spiro atoms. The van der Waals surface area contributed by atoms with E-state index in [0.29, 0.717) is 18.9 Å². The van der Waals surface area contributed by atoms with Crippen molar-refractivity contribution in [2.24, 2.45) is 0 Å². The second-order valence-electron chi connectivity index (χ2n) is 5.23. The molecule has 1 N–H and O–H groups in total. The molecule has 0 aromatic carbocycles. The summed E-state index contributed by atoms with van der Waals surface area (Å²) in [5.41, 5.74) is 2.81. The van der Waals surface area contributed by atoms with Crippen LogP contribution in [0.4, 0.5) is 0 Å². The highest BCUT2D eigenvalue weighted by molar-refractivity contribution is 5.91. The predicted molar refractivity (Wildman–Crippen MR) is 79.6 cm³/mol. The van der Waals surface area contributed by atoms with E-state index in [-0.39, 0.29) is 11.7 Å². The molecule has 114 valence electrons. The van der Waals surface area contributed by atoms with E-state index in [1.807, 2.05) is 33.0 Å². The zero-order valence-electron chi connectivity index (χ0n) is 12.7. The topological polar surface area (TPSA) is 90.0 Å². The molecule has 0 fully saturated rings. The summed E-state index contributed by atoms with van der Waals surface area (Å²) in [6.07, 6.45) is 3.71. The minimum Gasteiger partial charge on any atom is -0.347 e. The zero-order valence-corrected chi connectivity index (χ0v) is 12.7. The average molecular weight is 299 g/mol. The Kier molecular flexibility index (Phi) is 3.58. The van der Waals surface area contributed by atoms with E-state index in [0.717, 1.165) is 17.0 Å². The molecule has 3 aromatic heterocycles. The van der Waals surface area contributed by atoms with E-state index < -0.39 is 0 Å². The molecule has 0 atom stereocenters. The molecule has 0 aliphatic heterocycles. The number of hydrogen-bond acceptors (Lipinski definition) is 5. The van der Waals surface area contributed by atoms with Crippen molar-refractivity contribution in [3.05, 3.63) is 41.2 Å². The molecule has 0 radical (unpaired) electrons. The zero-order chi connectivity index (χ0) is 15.7. The van der Waals surface area contributed by atoms with Crippen molar-refractivity contribution in [2.45, 2.75) is 27.3 Å². The van der Waals surface area contributed by atoms with Crippen LogP contribution in [0.1, 0.15) is 27.6 Å². The van der Waals surface area contributed by atoms with E-state index in [1.165, 1.54) is 0 Å². The van der Waals surface area contributed by atoms with Crippen molar-refractivity contribution in [1.29, 1.82) is 0 Å². The van der Waals surface area contributed by atoms with Crippen LogP contribution in [-0.2, 0) is 6.54 Å². The van der Waals surface area contributed by atoms with E-state index in [1.54, 1.807) is 15.3 Å². The maximum Gasteiger partial charge on any atom is 0.289 e. The lowest BCUT2D eigenvalue weighted by Gasteiger charge is -2.06. The summed E-state index contributed by atoms with van der Waals surface area (Å²) in [5, 5.41) is 14.9. The number of nitrogens with one attached hydrogen (secondary N) is 1. The first-order chi connectivity index (χ1) is 10.5. The number of rotatable bonds is 4. The molecule has 3 heterocycles. The molecule has 8 nitrogen and oxygen atoms in total. The molecule has 22 heavy (non-hydrogen) atoms. The normalized spacial score (nSPS) is 11.0. The maximum absolute atomic E-state index is 12.3. The van der Waals surface area contributed by atoms with Crippen molar-refractivity contribution in [3.8, 4) is 0 Å². The van der Waals surface area contributed by atoms with Gasteiger partial charge in [-0.3, -0.25) is 13.9 Å². The number of carbonyl (C=O) groups excluding carboxylic acids is 1. The molecule has 3 aromatic rings. The molecule has 0 unspecified atom stereocenters. The lowest BCUT2D eigenvalue weighted by atomic mass is 10.3. The van der Waals surface area contributed by atoms with E-state index in [9.17, 15) is 4.79 Å². The highest BCUT2D eigenvalue weighted by Gasteiger charge is 2.16. The molecule has 3 rings (SSSR count). The van der Waals surface area contributed by atoms with Gasteiger partial charge in [-0.25, -0.2) is 4.98 Å². The van der Waals surface area contributed by atoms with Crippen molar-refractivity contribution in [3.63, 3.8) is 0 Å². The summed E-state index contributed by atoms with van der Waals surface area (Å²) in [5.74, 6) is 0.409. The van der Waals surface area contributed by atoms with Gasteiger partial charge >= 0.3 is 0 Å². The van der Waals surface area contributed by atoms with Crippen LogP contribution >= 0.6 is 0 Å². The highest BCUT2D eigenvalue weighted by atomic mass is 16.2. The molecule has 0 aliphatic carbocycles. The molecule has 0 saturated heterocycles. The Labute approximate surface area is 127 Å². The van der Waals surface area contributed by atoms with Crippen LogP contribution in [0, 0.1) is 20.8 Å². The fourth-order valence-corrected chi connectivity index (χ4v) is 2.33. The van der Waals surface area contributed by atoms with Gasteiger partial charge in [-0.2, -0.15) is 5.10 Å². The number of aryl methyl sites for hydroxylation is 3. The van der Waals surface area contributed by atoms with Crippen LogP contribution in [0.15, 0.2) is 18.5 Å². The van der Waals surface area contributed by atoms with Gasteiger partial charge in [-0.15, -0.1) is 10.2 Å². The van der Waals surface area contributed by atoms with Crippen molar-refractivity contribution in [1.82, 2.24) is 34.7 Å². The smallest absolute Gasteiger partial charge is 0.289 e. The Hall–Kier alpha value is -2.77. The van der Waals surface area contributed by atoms with Crippen LogP contribution in [-0.4, -0.2) is 41.8 Å². The van der Waals surface area contributed by atoms with Gasteiger partial charge < -0.3 is 5.32 Å². The van der Waals surface area contributed by atoms with Crippen LogP contribution in [0.25, 0.3) is 5.78 Å². The monoisotopic (exact) mass is 299 g/mol. The number of carbonyl (C=O) groups is 1. The average Bonchev–Trinajstić information content (AvgIpc) is 3.05. The van der Waals surface area contributed by atoms with Gasteiger partial charge in [-0.05, 0) is 32.4 Å². The Morgan fingerprint density at radius 2 is 2.09 bits per heavy atom. The molecular formula is C14H17N7O. The van der Waals surface area contributed by atoms with Crippen LogP contribution < -0.4 is 5.32 Å². The Morgan fingerprint density at radius 3 is 2.82 bits per heavy atom. The van der Waals surface area contributed by atoms with Gasteiger partial charge in [0.2, 0.25) is 5.82 Å². The third kappa shape index (κ3) is 2.67. The first-order valence-electron chi connectivity index (χ1n) is 7.01. The summed E-state index contributed by atoms with van der Waals surface area (Å²) in [7, 11) is 0. The fraction of sp³-hybridized carbons (Fsp3) is 0.357. The summed E-state index contributed by atoms with van der Waals surface area (Å²) in [6.45, 7) is 6.82. The Bertz CT molecular complexity index is 833. The van der Waals surface area contributed by atoms with E-state index in [4.69, 9.17) is 0 Å². The van der Waals surface area contributed by atoms with Gasteiger partial charge in [-0.1, -0.05) is 0 Å². The first-order valence-corrected chi connectivity index (χ1v) is 7.01. The first kappa shape index (κ1) is 14.2. The van der Waals surface area contributed by atoms with E-state index >= 15 is 0 Å². The number of aromatic nitrogens is 6. The lowest BCUT2D eigenvalue weighted by Crippen LogP contribution is -2.29. The second kappa shape index (κ2) is 5.55. The standard InChI is InChI=1S/C14H17N7O/c1-9-7-16-20(8-9)5-4-15-13(22)12-18-19-14-17-10(2)6-11(3)21(12)14/h6-8H,4-5H2,1-3H3,(H,15,22). The SMILES string of the molecule is Cc1cnn(CCNC(=O)c2nnc3nc(C)cc(C)n23)c1. The van der Waals surface area contributed by atoms with Gasteiger partial charge in [0.05, 0.1) is 12.7 Å². The quantitative estimate of drug-likeness (QED) is 0.765. The summed E-state index contributed by atoms with van der Waals surface area (Å²) in [4.78, 5) is 16.5. The number of amides is 1. The van der Waals surface area contributed by atoms with Gasteiger partial charge in [0.15, 0.2) is 0 Å². The fourth-order valence-electron chi connectivity index (χ4n) is 2.33. The molecule has 0 aliphatic rings. The molecular weight excluding hydrogens is 282 g/mol. The summed E-state index contributed by atoms with van der Waals surface area (Å²) in [6, 6.07) is 1.89. The van der Waals surface area contributed by atoms with Crippen molar-refractivity contribution >= 4 is 11.7 Å². The van der Waals surface area contributed by atoms with Gasteiger partial charge in [0, 0.05) is 24.1 Å². The minimum atomic E-state index is -0.273. The number of nitrogens with zero attached hydrogens (tertiary/aromatic N) is 6. The molecule has 0 bridgehead atoms. The maximum atomic E-state index is 12.3. The molecule has 1 amide bonds.